The summed E-state index contributed by atoms with van der Waals surface area (Å²) in [7, 11) is 1.38. The lowest BCUT2D eigenvalue weighted by Crippen LogP contribution is -2.17. The summed E-state index contributed by atoms with van der Waals surface area (Å²) >= 11 is 0. The maximum absolute atomic E-state index is 12.1. The summed E-state index contributed by atoms with van der Waals surface area (Å²) in [5, 5.41) is 9.93. The van der Waals surface area contributed by atoms with Crippen LogP contribution in [0.2, 0.25) is 0 Å². The summed E-state index contributed by atoms with van der Waals surface area (Å²) in [4.78, 5) is 8.13. The van der Waals surface area contributed by atoms with Crippen molar-refractivity contribution in [3.63, 3.8) is 0 Å². The van der Waals surface area contributed by atoms with Crippen molar-refractivity contribution in [2.45, 2.75) is 6.36 Å². The Balaban J connectivity index is 1.84. The first-order chi connectivity index (χ1) is 10.9. The second kappa shape index (κ2) is 5.59. The Morgan fingerprint density at radius 2 is 1.70 bits per heavy atom. The summed E-state index contributed by atoms with van der Waals surface area (Å²) in [6.07, 6.45) is -4.74. The molecular formula is C12H8F3N5O3. The summed E-state index contributed by atoms with van der Waals surface area (Å²) in [6, 6.07) is 5.08. The van der Waals surface area contributed by atoms with Crippen molar-refractivity contribution >= 4 is 22.8 Å². The van der Waals surface area contributed by atoms with E-state index in [0.717, 1.165) is 12.1 Å². The van der Waals surface area contributed by atoms with Gasteiger partial charge in [-0.25, -0.2) is 4.63 Å². The fourth-order valence-corrected chi connectivity index (χ4v) is 1.72. The van der Waals surface area contributed by atoms with Crippen LogP contribution in [0.5, 0.6) is 11.6 Å². The van der Waals surface area contributed by atoms with Gasteiger partial charge in [0, 0.05) is 5.69 Å². The second-order valence-corrected chi connectivity index (χ2v) is 4.19. The molecule has 2 aromatic heterocycles. The van der Waals surface area contributed by atoms with Crippen molar-refractivity contribution in [2.75, 3.05) is 12.4 Å². The Morgan fingerprint density at radius 3 is 2.30 bits per heavy atom. The number of hydrogen-bond donors (Lipinski definition) is 1. The highest BCUT2D eigenvalue weighted by atomic mass is 19.4. The van der Waals surface area contributed by atoms with Gasteiger partial charge in [0.05, 0.1) is 7.11 Å². The van der Waals surface area contributed by atoms with Gasteiger partial charge in [-0.15, -0.1) is 13.2 Å². The molecule has 0 aliphatic carbocycles. The topological polar surface area (TPSA) is 95.2 Å². The van der Waals surface area contributed by atoms with Crippen LogP contribution in [0.4, 0.5) is 24.7 Å². The van der Waals surface area contributed by atoms with E-state index in [1.165, 1.54) is 19.2 Å². The molecule has 0 fully saturated rings. The van der Waals surface area contributed by atoms with Gasteiger partial charge in [-0.1, -0.05) is 0 Å². The molecule has 0 radical (unpaired) electrons. The lowest BCUT2D eigenvalue weighted by Gasteiger charge is -2.11. The Kier molecular flexibility index (Phi) is 3.60. The highest BCUT2D eigenvalue weighted by Crippen LogP contribution is 2.28. The molecule has 0 aliphatic heterocycles. The molecule has 1 aromatic carbocycles. The number of halogens is 3. The predicted molar refractivity (Wildman–Crippen MR) is 70.4 cm³/mol. The molecule has 0 atom stereocenters. The van der Waals surface area contributed by atoms with Crippen molar-refractivity contribution in [3.8, 4) is 11.6 Å². The standard InChI is InChI=1S/C12H8F3N5O3/c1-21-11-10(17-8-9(18-11)20-23-19-8)16-6-2-4-7(5-3-6)22-12(13,14)15/h2-5H,1H3,(H,16,17,19). The molecular weight excluding hydrogens is 319 g/mol. The van der Waals surface area contributed by atoms with Crippen LogP contribution in [0, 0.1) is 0 Å². The van der Waals surface area contributed by atoms with Gasteiger partial charge < -0.3 is 14.8 Å². The van der Waals surface area contributed by atoms with Crippen LogP contribution in [0.25, 0.3) is 11.3 Å². The van der Waals surface area contributed by atoms with Crippen molar-refractivity contribution < 1.29 is 27.3 Å². The number of alkyl halides is 3. The van der Waals surface area contributed by atoms with Crippen molar-refractivity contribution in [3.05, 3.63) is 24.3 Å². The lowest BCUT2D eigenvalue weighted by molar-refractivity contribution is -0.274. The van der Waals surface area contributed by atoms with E-state index in [4.69, 9.17) is 4.74 Å². The number of nitrogens with zero attached hydrogens (tertiary/aromatic N) is 4. The molecule has 23 heavy (non-hydrogen) atoms. The molecule has 0 unspecified atom stereocenters. The van der Waals surface area contributed by atoms with E-state index in [0.29, 0.717) is 5.69 Å². The lowest BCUT2D eigenvalue weighted by atomic mass is 10.3. The first-order valence-electron chi connectivity index (χ1n) is 6.12. The molecule has 0 spiro atoms. The van der Waals surface area contributed by atoms with Gasteiger partial charge in [0.1, 0.15) is 5.75 Å². The van der Waals surface area contributed by atoms with Crippen LogP contribution in [-0.4, -0.2) is 33.8 Å². The molecule has 3 rings (SSSR count). The molecule has 0 bridgehead atoms. The van der Waals surface area contributed by atoms with Crippen molar-refractivity contribution in [1.82, 2.24) is 20.3 Å². The molecule has 0 saturated carbocycles. The number of nitrogens with one attached hydrogen (secondary N) is 1. The van der Waals surface area contributed by atoms with Crippen LogP contribution >= 0.6 is 0 Å². The number of benzene rings is 1. The number of aromatic nitrogens is 4. The van der Waals surface area contributed by atoms with E-state index in [9.17, 15) is 13.2 Å². The van der Waals surface area contributed by atoms with Gasteiger partial charge in [0.2, 0.25) is 11.3 Å². The van der Waals surface area contributed by atoms with E-state index in [1.54, 1.807) is 0 Å². The zero-order valence-electron chi connectivity index (χ0n) is 11.5. The molecule has 120 valence electrons. The van der Waals surface area contributed by atoms with Gasteiger partial charge in [-0.2, -0.15) is 9.97 Å². The molecule has 8 nitrogen and oxygen atoms in total. The van der Waals surface area contributed by atoms with Gasteiger partial charge in [-0.05, 0) is 34.6 Å². The zero-order chi connectivity index (χ0) is 16.4. The minimum atomic E-state index is -4.74. The molecule has 0 aliphatic rings. The summed E-state index contributed by atoms with van der Waals surface area (Å²) in [6.45, 7) is 0. The number of ether oxygens (including phenoxy) is 2. The maximum Gasteiger partial charge on any atom is 0.573 e. The van der Waals surface area contributed by atoms with Crippen LogP contribution < -0.4 is 14.8 Å². The third-order valence-corrected chi connectivity index (χ3v) is 2.63. The second-order valence-electron chi connectivity index (χ2n) is 4.19. The highest BCUT2D eigenvalue weighted by Gasteiger charge is 2.30. The Morgan fingerprint density at radius 1 is 1.04 bits per heavy atom. The maximum atomic E-state index is 12.1. The molecule has 3 aromatic rings. The summed E-state index contributed by atoms with van der Waals surface area (Å²) < 4.78 is 49.7. The monoisotopic (exact) mass is 327 g/mol. The fourth-order valence-electron chi connectivity index (χ4n) is 1.72. The van der Waals surface area contributed by atoms with Crippen LogP contribution in [-0.2, 0) is 0 Å². The number of rotatable bonds is 4. The van der Waals surface area contributed by atoms with Crippen LogP contribution in [0.3, 0.4) is 0 Å². The third-order valence-electron chi connectivity index (χ3n) is 2.63. The number of anilines is 2. The molecule has 2 heterocycles. The SMILES string of the molecule is COc1nc2nonc2nc1Nc1ccc(OC(F)(F)F)cc1. The average Bonchev–Trinajstić information content (AvgIpc) is 2.94. The molecule has 1 N–H and O–H groups in total. The van der Waals surface area contributed by atoms with Gasteiger partial charge in [0.15, 0.2) is 5.82 Å². The quantitative estimate of drug-likeness (QED) is 0.781. The summed E-state index contributed by atoms with van der Waals surface area (Å²) in [5.74, 6) is 0.00117. The zero-order valence-corrected chi connectivity index (χ0v) is 11.5. The first kappa shape index (κ1) is 14.8. The number of methoxy groups -OCH3 is 1. The number of fused-ring (bicyclic) bond motifs is 1. The Hall–Kier alpha value is -3.11. The Bertz CT molecular complexity index is 819. The molecule has 11 heteroatoms. The largest absolute Gasteiger partial charge is 0.573 e. The van der Waals surface area contributed by atoms with E-state index < -0.39 is 6.36 Å². The Labute approximate surface area is 126 Å². The third kappa shape index (κ3) is 3.39. The fraction of sp³-hybridized carbons (Fsp3) is 0.167. The minimum absolute atomic E-state index is 0.129. The van der Waals surface area contributed by atoms with E-state index in [2.05, 4.69) is 35.0 Å². The van der Waals surface area contributed by atoms with Crippen molar-refractivity contribution in [1.29, 1.82) is 0 Å². The van der Waals surface area contributed by atoms with Gasteiger partial charge in [0.25, 0.3) is 5.88 Å². The van der Waals surface area contributed by atoms with Crippen molar-refractivity contribution in [2.24, 2.45) is 0 Å². The van der Waals surface area contributed by atoms with E-state index in [-0.39, 0.29) is 28.7 Å². The van der Waals surface area contributed by atoms with Gasteiger partial charge in [-0.3, -0.25) is 0 Å². The number of hydrogen-bond acceptors (Lipinski definition) is 8. The highest BCUT2D eigenvalue weighted by molar-refractivity contribution is 5.71. The van der Waals surface area contributed by atoms with Crippen LogP contribution in [0.15, 0.2) is 28.9 Å². The smallest absolute Gasteiger partial charge is 0.478 e. The molecule has 0 amide bonds. The van der Waals surface area contributed by atoms with E-state index >= 15 is 0 Å². The normalized spacial score (nSPS) is 11.5. The first-order valence-corrected chi connectivity index (χ1v) is 6.12. The summed E-state index contributed by atoms with van der Waals surface area (Å²) in [5.41, 5.74) is 0.773. The van der Waals surface area contributed by atoms with Gasteiger partial charge >= 0.3 is 6.36 Å². The minimum Gasteiger partial charge on any atom is -0.478 e. The predicted octanol–water partition coefficient (Wildman–Crippen LogP) is 2.66. The molecule has 0 saturated heterocycles. The van der Waals surface area contributed by atoms with E-state index in [1.807, 2.05) is 0 Å². The average molecular weight is 327 g/mol. The van der Waals surface area contributed by atoms with Crippen LogP contribution in [0.1, 0.15) is 0 Å².